The van der Waals surface area contributed by atoms with E-state index in [0.717, 1.165) is 11.8 Å². The molecule has 0 radical (unpaired) electrons. The van der Waals surface area contributed by atoms with Gasteiger partial charge in [0.15, 0.2) is 5.16 Å². The van der Waals surface area contributed by atoms with Gasteiger partial charge in [0, 0.05) is 0 Å². The summed E-state index contributed by atoms with van der Waals surface area (Å²) < 4.78 is 11.1. The van der Waals surface area contributed by atoms with E-state index in [1.807, 2.05) is 0 Å². The van der Waals surface area contributed by atoms with Gasteiger partial charge in [0.05, 0.1) is 36.1 Å². The lowest BCUT2D eigenvalue weighted by Crippen LogP contribution is -2.32. The molecule has 1 amide bonds. The molecule has 0 unspecified atom stereocenters. The van der Waals surface area contributed by atoms with Crippen LogP contribution in [0, 0.1) is 0 Å². The Balaban J connectivity index is 1.85. The number of aromatic nitrogens is 2. The van der Waals surface area contributed by atoms with Gasteiger partial charge in [-0.05, 0) is 31.2 Å². The monoisotopic (exact) mass is 401 g/mol. The smallest absolute Gasteiger partial charge is 0.325 e. The fraction of sp³-hybridized carbons (Fsp3) is 0.263. The van der Waals surface area contributed by atoms with Crippen molar-refractivity contribution in [2.45, 2.75) is 30.4 Å². The highest BCUT2D eigenvalue weighted by Gasteiger charge is 2.20. The molecule has 1 atom stereocenters. The fourth-order valence-electron chi connectivity index (χ4n) is 2.51. The van der Waals surface area contributed by atoms with Crippen LogP contribution in [-0.2, 0) is 27.4 Å². The summed E-state index contributed by atoms with van der Waals surface area (Å²) in [5.74, 6) is -0.179. The van der Waals surface area contributed by atoms with Gasteiger partial charge in [-0.15, -0.1) is 0 Å². The van der Waals surface area contributed by atoms with Gasteiger partial charge < -0.3 is 14.5 Å². The molecule has 0 aliphatic heterocycles. The normalized spacial score (nSPS) is 11.9. The lowest BCUT2D eigenvalue weighted by molar-refractivity contribution is -0.141. The molecule has 0 bridgehead atoms. The molecule has 0 saturated carbocycles. The number of para-hydroxylation sites is 1. The molecule has 9 heteroatoms. The van der Waals surface area contributed by atoms with E-state index in [9.17, 15) is 14.4 Å². The molecule has 1 N–H and O–H groups in total. The van der Waals surface area contributed by atoms with Gasteiger partial charge >= 0.3 is 5.97 Å². The van der Waals surface area contributed by atoms with Gasteiger partial charge in [0.1, 0.15) is 12.3 Å². The average molecular weight is 401 g/mol. The van der Waals surface area contributed by atoms with Crippen LogP contribution in [-0.4, -0.2) is 33.8 Å². The number of carbonyl (C=O) groups is 2. The number of esters is 1. The summed E-state index contributed by atoms with van der Waals surface area (Å²) in [7, 11) is 1.25. The van der Waals surface area contributed by atoms with Gasteiger partial charge in [0.2, 0.25) is 5.91 Å². The van der Waals surface area contributed by atoms with E-state index in [0.29, 0.717) is 16.7 Å². The molecule has 146 valence electrons. The van der Waals surface area contributed by atoms with E-state index in [-0.39, 0.29) is 29.7 Å². The lowest BCUT2D eigenvalue weighted by atomic mass is 10.2. The molecule has 0 fully saturated rings. The Labute approximate surface area is 164 Å². The largest absolute Gasteiger partial charge is 0.468 e. The molecular weight excluding hydrogens is 382 g/mol. The quantitative estimate of drug-likeness (QED) is 0.367. The molecule has 0 saturated heterocycles. The van der Waals surface area contributed by atoms with Crippen molar-refractivity contribution in [3.8, 4) is 0 Å². The van der Waals surface area contributed by atoms with Crippen molar-refractivity contribution in [2.24, 2.45) is 0 Å². The summed E-state index contributed by atoms with van der Waals surface area (Å²) in [6.45, 7) is 1.68. The first-order chi connectivity index (χ1) is 13.5. The van der Waals surface area contributed by atoms with Crippen LogP contribution in [0.25, 0.3) is 10.9 Å². The van der Waals surface area contributed by atoms with Crippen molar-refractivity contribution >= 4 is 34.5 Å². The summed E-state index contributed by atoms with van der Waals surface area (Å²) in [5, 5.41) is 2.89. The number of carbonyl (C=O) groups excluding carboxylic acids is 2. The Morgan fingerprint density at radius 2 is 2.07 bits per heavy atom. The van der Waals surface area contributed by atoms with E-state index in [4.69, 9.17) is 4.42 Å². The average Bonchev–Trinajstić information content (AvgIpc) is 3.22. The molecular formula is C19H19N3O5S. The Hall–Kier alpha value is -3.07. The second-order valence-corrected chi connectivity index (χ2v) is 7.24. The number of methoxy groups -OCH3 is 1. The number of nitrogens with zero attached hydrogens (tertiary/aromatic N) is 2. The molecule has 2 heterocycles. The van der Waals surface area contributed by atoms with Crippen LogP contribution >= 0.6 is 11.8 Å². The van der Waals surface area contributed by atoms with Gasteiger partial charge in [0.25, 0.3) is 5.56 Å². The molecule has 3 rings (SSSR count). The molecule has 1 aromatic carbocycles. The summed E-state index contributed by atoms with van der Waals surface area (Å²) in [5.41, 5.74) is 0.140. The molecule has 0 aliphatic rings. The second-order valence-electron chi connectivity index (χ2n) is 5.94. The van der Waals surface area contributed by atoms with Gasteiger partial charge in [-0.3, -0.25) is 19.0 Å². The minimum atomic E-state index is -0.573. The van der Waals surface area contributed by atoms with Crippen molar-refractivity contribution in [1.82, 2.24) is 14.9 Å². The third-order valence-electron chi connectivity index (χ3n) is 4.01. The van der Waals surface area contributed by atoms with Gasteiger partial charge in [-0.25, -0.2) is 4.98 Å². The van der Waals surface area contributed by atoms with E-state index in [1.165, 1.54) is 17.9 Å². The second kappa shape index (κ2) is 8.75. The van der Waals surface area contributed by atoms with Crippen molar-refractivity contribution in [3.63, 3.8) is 0 Å². The van der Waals surface area contributed by atoms with Crippen molar-refractivity contribution in [1.29, 1.82) is 0 Å². The zero-order valence-corrected chi connectivity index (χ0v) is 16.2. The van der Waals surface area contributed by atoms with E-state index >= 15 is 0 Å². The number of hydrogen-bond donors (Lipinski definition) is 1. The zero-order valence-electron chi connectivity index (χ0n) is 15.4. The van der Waals surface area contributed by atoms with Crippen LogP contribution in [0.2, 0.25) is 0 Å². The molecule has 28 heavy (non-hydrogen) atoms. The Bertz CT molecular complexity index is 1050. The van der Waals surface area contributed by atoms with Crippen LogP contribution in [0.15, 0.2) is 57.0 Å². The third-order valence-corrected chi connectivity index (χ3v) is 5.10. The highest BCUT2D eigenvalue weighted by Crippen LogP contribution is 2.23. The van der Waals surface area contributed by atoms with Crippen molar-refractivity contribution in [3.05, 3.63) is 58.8 Å². The van der Waals surface area contributed by atoms with Crippen LogP contribution in [0.5, 0.6) is 0 Å². The first-order valence-corrected chi connectivity index (χ1v) is 9.40. The number of amides is 1. The number of ether oxygens (including phenoxy) is 1. The van der Waals surface area contributed by atoms with Crippen molar-refractivity contribution < 1.29 is 18.7 Å². The number of hydrogen-bond acceptors (Lipinski definition) is 7. The molecule has 2 aromatic heterocycles. The number of thioether (sulfide) groups is 1. The first kappa shape index (κ1) is 19.7. The Kier molecular flexibility index (Phi) is 6.15. The number of nitrogens with one attached hydrogen (secondary N) is 1. The van der Waals surface area contributed by atoms with E-state index in [1.54, 1.807) is 43.3 Å². The summed E-state index contributed by atoms with van der Waals surface area (Å²) in [6, 6.07) is 10.4. The standard InChI is InChI=1S/C19H19N3O5S/c1-12(17(24)20-10-13-6-5-9-27-13)28-19-21-15-8-4-3-7-14(15)18(25)22(19)11-16(23)26-2/h3-9,12H,10-11H2,1-2H3,(H,20,24)/t12-/m0/s1. The number of fused-ring (bicyclic) bond motifs is 1. The van der Waals surface area contributed by atoms with Crippen LogP contribution in [0.4, 0.5) is 0 Å². The summed E-state index contributed by atoms with van der Waals surface area (Å²) >= 11 is 1.10. The predicted octanol–water partition coefficient (Wildman–Crippen LogP) is 1.96. The Morgan fingerprint density at radius 1 is 1.29 bits per heavy atom. The van der Waals surface area contributed by atoms with Crippen LogP contribution in [0.3, 0.4) is 0 Å². The van der Waals surface area contributed by atoms with E-state index < -0.39 is 11.2 Å². The van der Waals surface area contributed by atoms with E-state index in [2.05, 4.69) is 15.0 Å². The van der Waals surface area contributed by atoms with Crippen LogP contribution < -0.4 is 10.9 Å². The number of rotatable bonds is 7. The minimum Gasteiger partial charge on any atom is -0.468 e. The van der Waals surface area contributed by atoms with Gasteiger partial charge in [-0.2, -0.15) is 0 Å². The molecule has 0 spiro atoms. The molecule has 8 nitrogen and oxygen atoms in total. The number of benzene rings is 1. The maximum atomic E-state index is 12.8. The predicted molar refractivity (Wildman–Crippen MR) is 104 cm³/mol. The van der Waals surface area contributed by atoms with Gasteiger partial charge in [-0.1, -0.05) is 23.9 Å². The lowest BCUT2D eigenvalue weighted by Gasteiger charge is -2.15. The number of furan rings is 1. The highest BCUT2D eigenvalue weighted by molar-refractivity contribution is 8.00. The molecule has 0 aliphatic carbocycles. The van der Waals surface area contributed by atoms with Crippen LogP contribution in [0.1, 0.15) is 12.7 Å². The maximum absolute atomic E-state index is 12.8. The molecule has 3 aromatic rings. The SMILES string of the molecule is COC(=O)Cn1c(S[C@@H](C)C(=O)NCc2ccco2)nc2ccccc2c1=O. The third kappa shape index (κ3) is 4.42. The Morgan fingerprint density at radius 3 is 2.79 bits per heavy atom. The minimum absolute atomic E-state index is 0.242. The first-order valence-electron chi connectivity index (χ1n) is 8.52. The summed E-state index contributed by atoms with van der Waals surface area (Å²) in [6.07, 6.45) is 1.53. The fourth-order valence-corrected chi connectivity index (χ4v) is 3.45. The highest BCUT2D eigenvalue weighted by atomic mass is 32.2. The van der Waals surface area contributed by atoms with Crippen molar-refractivity contribution in [2.75, 3.05) is 7.11 Å². The maximum Gasteiger partial charge on any atom is 0.325 e. The zero-order chi connectivity index (χ0) is 20.1. The summed E-state index contributed by atoms with van der Waals surface area (Å²) in [4.78, 5) is 41.5. The topological polar surface area (TPSA) is 103 Å².